The molecule has 2 unspecified atom stereocenters. The Hall–Kier alpha value is -0.370. The first kappa shape index (κ1) is 6.35. The van der Waals surface area contributed by atoms with Gasteiger partial charge >= 0.3 is 0 Å². The van der Waals surface area contributed by atoms with E-state index in [0.29, 0.717) is 18.6 Å². The Morgan fingerprint density at radius 1 is 1.20 bits per heavy atom. The summed E-state index contributed by atoms with van der Waals surface area (Å²) in [6, 6.07) is 0. The number of ether oxygens (including phenoxy) is 1. The van der Waals surface area contributed by atoms with E-state index in [1.165, 1.54) is 6.42 Å². The Morgan fingerprint density at radius 3 is 2.40 bits per heavy atom. The van der Waals surface area contributed by atoms with Crippen LogP contribution in [0.3, 0.4) is 0 Å². The zero-order valence-corrected chi connectivity index (χ0v) is 6.01. The van der Waals surface area contributed by atoms with Gasteiger partial charge in [0.05, 0.1) is 12.2 Å². The third-order valence-electron chi connectivity index (χ3n) is 2.35. The average Bonchev–Trinajstić information content (AvgIpc) is 1.85. The number of Topliss-reactive ketones (excluding diaryl/α,β-unsaturated/α-hetero) is 1. The van der Waals surface area contributed by atoms with E-state index in [1.54, 1.807) is 0 Å². The second-order valence-electron chi connectivity index (χ2n) is 3.26. The highest BCUT2D eigenvalue weighted by atomic mass is 16.5. The van der Waals surface area contributed by atoms with Crippen LogP contribution in [0.25, 0.3) is 0 Å². The summed E-state index contributed by atoms with van der Waals surface area (Å²) in [5, 5.41) is 0. The molecule has 2 heteroatoms. The Labute approximate surface area is 60.6 Å². The standard InChI is InChI=1S/C8H12O2/c9-6-4-7-2-1-3-8(5-6)10-7/h7-8H,1-5H2. The molecule has 2 aliphatic rings. The van der Waals surface area contributed by atoms with Gasteiger partial charge in [0, 0.05) is 12.8 Å². The molecular weight excluding hydrogens is 128 g/mol. The van der Waals surface area contributed by atoms with Crippen LogP contribution in [0, 0.1) is 0 Å². The number of fused-ring (bicyclic) bond motifs is 2. The maximum absolute atomic E-state index is 11.0. The quantitative estimate of drug-likeness (QED) is 0.506. The van der Waals surface area contributed by atoms with Gasteiger partial charge in [0.1, 0.15) is 5.78 Å². The van der Waals surface area contributed by atoms with Crippen LogP contribution in [-0.4, -0.2) is 18.0 Å². The molecule has 0 amide bonds. The number of carbonyl (C=O) groups excluding carboxylic acids is 1. The summed E-state index contributed by atoms with van der Waals surface area (Å²) in [5.41, 5.74) is 0. The lowest BCUT2D eigenvalue weighted by atomic mass is 9.91. The van der Waals surface area contributed by atoms with Crippen LogP contribution >= 0.6 is 0 Å². The minimum absolute atomic E-state index is 0.278. The highest BCUT2D eigenvalue weighted by Crippen LogP contribution is 2.28. The number of ketones is 1. The molecule has 2 nitrogen and oxygen atoms in total. The zero-order valence-electron chi connectivity index (χ0n) is 6.01. The fourth-order valence-corrected chi connectivity index (χ4v) is 1.87. The molecule has 0 spiro atoms. The van der Waals surface area contributed by atoms with Gasteiger partial charge in [-0.25, -0.2) is 0 Å². The van der Waals surface area contributed by atoms with Crippen molar-refractivity contribution in [2.75, 3.05) is 0 Å². The summed E-state index contributed by atoms with van der Waals surface area (Å²) in [5.74, 6) is 0.404. The number of rotatable bonds is 0. The molecular formula is C8H12O2. The van der Waals surface area contributed by atoms with Crippen LogP contribution in [-0.2, 0) is 9.53 Å². The van der Waals surface area contributed by atoms with Gasteiger partial charge < -0.3 is 4.74 Å². The summed E-state index contributed by atoms with van der Waals surface area (Å²) in [6.07, 6.45) is 5.36. The van der Waals surface area contributed by atoms with E-state index in [4.69, 9.17) is 4.74 Å². The first-order valence-corrected chi connectivity index (χ1v) is 4.02. The van der Waals surface area contributed by atoms with E-state index >= 15 is 0 Å². The van der Waals surface area contributed by atoms with E-state index in [-0.39, 0.29) is 12.2 Å². The highest BCUT2D eigenvalue weighted by Gasteiger charge is 2.30. The minimum Gasteiger partial charge on any atom is -0.374 e. The van der Waals surface area contributed by atoms with Crippen molar-refractivity contribution >= 4 is 5.78 Å². The molecule has 0 N–H and O–H groups in total. The van der Waals surface area contributed by atoms with Crippen LogP contribution in [0.1, 0.15) is 32.1 Å². The van der Waals surface area contributed by atoms with Crippen molar-refractivity contribution in [3.63, 3.8) is 0 Å². The van der Waals surface area contributed by atoms with Crippen molar-refractivity contribution in [1.82, 2.24) is 0 Å². The Kier molecular flexibility index (Phi) is 1.49. The SMILES string of the molecule is O=C1CC2CCCC(C1)O2. The lowest BCUT2D eigenvalue weighted by Crippen LogP contribution is -2.36. The first-order valence-electron chi connectivity index (χ1n) is 4.02. The van der Waals surface area contributed by atoms with Crippen LogP contribution in [0.4, 0.5) is 0 Å². The maximum atomic E-state index is 11.0. The van der Waals surface area contributed by atoms with Gasteiger partial charge in [0.2, 0.25) is 0 Å². The molecule has 2 bridgehead atoms. The summed E-state index contributed by atoms with van der Waals surface area (Å²) >= 11 is 0. The summed E-state index contributed by atoms with van der Waals surface area (Å²) < 4.78 is 5.57. The second kappa shape index (κ2) is 2.35. The van der Waals surface area contributed by atoms with Crippen molar-refractivity contribution in [3.05, 3.63) is 0 Å². The van der Waals surface area contributed by atoms with Crippen LogP contribution in [0.2, 0.25) is 0 Å². The monoisotopic (exact) mass is 140 g/mol. The maximum Gasteiger partial charge on any atom is 0.138 e. The Morgan fingerprint density at radius 2 is 1.80 bits per heavy atom. The van der Waals surface area contributed by atoms with E-state index in [9.17, 15) is 4.79 Å². The van der Waals surface area contributed by atoms with E-state index < -0.39 is 0 Å². The van der Waals surface area contributed by atoms with Crippen molar-refractivity contribution in [2.45, 2.75) is 44.3 Å². The molecule has 0 radical (unpaired) electrons. The second-order valence-corrected chi connectivity index (χ2v) is 3.26. The van der Waals surface area contributed by atoms with Crippen LogP contribution in [0.15, 0.2) is 0 Å². The fourth-order valence-electron chi connectivity index (χ4n) is 1.87. The summed E-state index contributed by atoms with van der Waals surface area (Å²) in [6.45, 7) is 0. The molecule has 10 heavy (non-hydrogen) atoms. The zero-order chi connectivity index (χ0) is 6.97. The molecule has 2 fully saturated rings. The van der Waals surface area contributed by atoms with Crippen molar-refractivity contribution in [2.24, 2.45) is 0 Å². The van der Waals surface area contributed by atoms with Crippen molar-refractivity contribution < 1.29 is 9.53 Å². The molecule has 0 aromatic rings. The number of carbonyl (C=O) groups is 1. The Bertz CT molecular complexity index is 139. The topological polar surface area (TPSA) is 26.3 Å². The van der Waals surface area contributed by atoms with Crippen molar-refractivity contribution in [1.29, 1.82) is 0 Å². The lowest BCUT2D eigenvalue weighted by molar-refractivity contribution is -0.141. The predicted octanol–water partition coefficient (Wildman–Crippen LogP) is 1.29. The molecule has 2 saturated heterocycles. The lowest BCUT2D eigenvalue weighted by Gasteiger charge is -2.33. The Balaban J connectivity index is 2.05. The van der Waals surface area contributed by atoms with Crippen LogP contribution in [0.5, 0.6) is 0 Å². The van der Waals surface area contributed by atoms with E-state index in [0.717, 1.165) is 12.8 Å². The van der Waals surface area contributed by atoms with E-state index in [2.05, 4.69) is 0 Å². The van der Waals surface area contributed by atoms with E-state index in [1.807, 2.05) is 0 Å². The van der Waals surface area contributed by atoms with Crippen LogP contribution < -0.4 is 0 Å². The molecule has 56 valence electrons. The number of hydrogen-bond donors (Lipinski definition) is 0. The molecule has 2 heterocycles. The first-order chi connectivity index (χ1) is 4.84. The normalized spacial score (nSPS) is 39.8. The van der Waals surface area contributed by atoms with Crippen molar-refractivity contribution in [3.8, 4) is 0 Å². The molecule has 0 saturated carbocycles. The van der Waals surface area contributed by atoms with Gasteiger partial charge in [-0.2, -0.15) is 0 Å². The smallest absolute Gasteiger partial charge is 0.138 e. The third-order valence-corrected chi connectivity index (χ3v) is 2.35. The number of hydrogen-bond acceptors (Lipinski definition) is 2. The summed E-state index contributed by atoms with van der Waals surface area (Å²) in [7, 11) is 0. The predicted molar refractivity (Wildman–Crippen MR) is 36.8 cm³/mol. The molecule has 2 rings (SSSR count). The van der Waals surface area contributed by atoms with Gasteiger partial charge in [-0.05, 0) is 19.3 Å². The van der Waals surface area contributed by atoms with Gasteiger partial charge in [-0.15, -0.1) is 0 Å². The fraction of sp³-hybridized carbons (Fsp3) is 0.875. The highest BCUT2D eigenvalue weighted by molar-refractivity contribution is 5.80. The molecule has 0 aromatic carbocycles. The molecule has 2 atom stereocenters. The molecule has 2 aliphatic heterocycles. The van der Waals surface area contributed by atoms with Gasteiger partial charge in [-0.3, -0.25) is 4.79 Å². The van der Waals surface area contributed by atoms with Gasteiger partial charge in [-0.1, -0.05) is 0 Å². The van der Waals surface area contributed by atoms with Gasteiger partial charge in [0.25, 0.3) is 0 Å². The third kappa shape index (κ3) is 1.08. The largest absolute Gasteiger partial charge is 0.374 e. The molecule has 0 aliphatic carbocycles. The van der Waals surface area contributed by atoms with Gasteiger partial charge in [0.15, 0.2) is 0 Å². The average molecular weight is 140 g/mol. The minimum atomic E-state index is 0.278. The molecule has 0 aromatic heterocycles. The summed E-state index contributed by atoms with van der Waals surface area (Å²) in [4.78, 5) is 11.0.